The van der Waals surface area contributed by atoms with Crippen molar-refractivity contribution in [2.75, 3.05) is 32.7 Å². The maximum atomic E-state index is 6.29. The van der Waals surface area contributed by atoms with Gasteiger partial charge in [0.25, 0.3) is 0 Å². The summed E-state index contributed by atoms with van der Waals surface area (Å²) in [6.07, 6.45) is 4.39. The second-order valence-electron chi connectivity index (χ2n) is 5.17. The topological polar surface area (TPSA) is 31.1 Å². The third-order valence-corrected chi connectivity index (χ3v) is 4.18. The summed E-state index contributed by atoms with van der Waals surface area (Å²) >= 11 is 6.29. The lowest BCUT2D eigenvalue weighted by Gasteiger charge is -2.26. The van der Waals surface area contributed by atoms with Crippen molar-refractivity contribution in [3.8, 4) is 0 Å². The van der Waals surface area contributed by atoms with E-state index in [1.165, 1.54) is 37.0 Å². The molecule has 102 valence electrons. The monoisotopic (exact) mass is 277 g/mol. The second-order valence-corrected chi connectivity index (χ2v) is 5.58. The van der Waals surface area contributed by atoms with Crippen LogP contribution in [-0.2, 0) is 6.42 Å². The van der Waals surface area contributed by atoms with E-state index in [1.807, 2.05) is 12.1 Å². The van der Waals surface area contributed by atoms with Gasteiger partial charge in [-0.1, -0.05) is 17.7 Å². The minimum absolute atomic E-state index is 0.857. The highest BCUT2D eigenvalue weighted by molar-refractivity contribution is 6.35. The van der Waals surface area contributed by atoms with Gasteiger partial charge in [0.15, 0.2) is 0 Å². The predicted molar refractivity (Wildman–Crippen MR) is 80.9 cm³/mol. The predicted octanol–water partition coefficient (Wildman–Crippen LogP) is 2.66. The molecule has 0 saturated carbocycles. The number of nitrogens with one attached hydrogen (secondary N) is 2. The zero-order chi connectivity index (χ0) is 13.1. The first-order valence-corrected chi connectivity index (χ1v) is 7.40. The molecule has 0 aliphatic carbocycles. The van der Waals surface area contributed by atoms with Crippen molar-refractivity contribution in [2.45, 2.75) is 12.8 Å². The molecule has 3 rings (SSSR count). The number of fused-ring (bicyclic) bond motifs is 1. The molecule has 1 aliphatic rings. The minimum atomic E-state index is 0.857. The average Bonchev–Trinajstić information content (AvgIpc) is 2.85. The standard InChI is InChI=1S/C15H20ClN3/c16-13-4-1-5-14-15(13)12(11-18-14)3-2-8-19-9-6-17-7-10-19/h1,4-5,11,17-18H,2-3,6-10H2. The molecular weight excluding hydrogens is 258 g/mol. The summed E-state index contributed by atoms with van der Waals surface area (Å²) in [6, 6.07) is 6.05. The van der Waals surface area contributed by atoms with Gasteiger partial charge in [0.1, 0.15) is 0 Å². The number of benzene rings is 1. The lowest BCUT2D eigenvalue weighted by atomic mass is 10.1. The molecule has 3 nitrogen and oxygen atoms in total. The first-order valence-electron chi connectivity index (χ1n) is 7.02. The van der Waals surface area contributed by atoms with Gasteiger partial charge in [0.05, 0.1) is 5.02 Å². The Balaban J connectivity index is 1.62. The zero-order valence-electron chi connectivity index (χ0n) is 11.1. The molecule has 2 heterocycles. The van der Waals surface area contributed by atoms with Crippen molar-refractivity contribution in [2.24, 2.45) is 0 Å². The lowest BCUT2D eigenvalue weighted by Crippen LogP contribution is -2.43. The fourth-order valence-electron chi connectivity index (χ4n) is 2.83. The molecular formula is C15H20ClN3. The highest BCUT2D eigenvalue weighted by Crippen LogP contribution is 2.27. The van der Waals surface area contributed by atoms with E-state index < -0.39 is 0 Å². The van der Waals surface area contributed by atoms with Crippen LogP contribution in [0.4, 0.5) is 0 Å². The molecule has 19 heavy (non-hydrogen) atoms. The van der Waals surface area contributed by atoms with Crippen molar-refractivity contribution in [1.82, 2.24) is 15.2 Å². The van der Waals surface area contributed by atoms with Gasteiger partial charge < -0.3 is 15.2 Å². The Hall–Kier alpha value is -1.03. The van der Waals surface area contributed by atoms with Gasteiger partial charge in [-0.3, -0.25) is 0 Å². The number of rotatable bonds is 4. The van der Waals surface area contributed by atoms with Gasteiger partial charge in [-0.05, 0) is 37.1 Å². The van der Waals surface area contributed by atoms with Gasteiger partial charge >= 0.3 is 0 Å². The number of halogens is 1. The summed E-state index contributed by atoms with van der Waals surface area (Å²) < 4.78 is 0. The first kappa shape index (κ1) is 13.0. The van der Waals surface area contributed by atoms with E-state index in [1.54, 1.807) is 0 Å². The number of aromatic amines is 1. The Labute approximate surface area is 118 Å². The van der Waals surface area contributed by atoms with Crippen LogP contribution >= 0.6 is 11.6 Å². The molecule has 0 spiro atoms. The second kappa shape index (κ2) is 5.95. The largest absolute Gasteiger partial charge is 0.361 e. The Morgan fingerprint density at radius 1 is 1.21 bits per heavy atom. The third kappa shape index (κ3) is 2.94. The molecule has 4 heteroatoms. The van der Waals surface area contributed by atoms with Gasteiger partial charge in [0, 0.05) is 43.3 Å². The van der Waals surface area contributed by atoms with Gasteiger partial charge in [-0.25, -0.2) is 0 Å². The Morgan fingerprint density at radius 3 is 2.89 bits per heavy atom. The number of aryl methyl sites for hydroxylation is 1. The van der Waals surface area contributed by atoms with E-state index in [2.05, 4.69) is 27.5 Å². The van der Waals surface area contributed by atoms with E-state index in [9.17, 15) is 0 Å². The molecule has 1 saturated heterocycles. The van der Waals surface area contributed by atoms with Gasteiger partial charge in [-0.15, -0.1) is 0 Å². The molecule has 0 radical (unpaired) electrons. The summed E-state index contributed by atoms with van der Waals surface area (Å²) in [6.45, 7) is 5.78. The van der Waals surface area contributed by atoms with E-state index >= 15 is 0 Å². The SMILES string of the molecule is Clc1cccc2[nH]cc(CCCN3CCNCC3)c12. The van der Waals surface area contributed by atoms with E-state index in [0.717, 1.165) is 30.0 Å². The molecule has 2 aromatic rings. The summed E-state index contributed by atoms with van der Waals surface area (Å²) in [5.41, 5.74) is 2.49. The van der Waals surface area contributed by atoms with Crippen LogP contribution in [0.3, 0.4) is 0 Å². The molecule has 1 aromatic carbocycles. The van der Waals surface area contributed by atoms with Crippen molar-refractivity contribution in [3.63, 3.8) is 0 Å². The smallest absolute Gasteiger partial charge is 0.0502 e. The average molecular weight is 278 g/mol. The molecule has 0 bridgehead atoms. The molecule has 0 unspecified atom stereocenters. The van der Waals surface area contributed by atoms with Crippen molar-refractivity contribution in [3.05, 3.63) is 35.0 Å². The van der Waals surface area contributed by atoms with Crippen LogP contribution < -0.4 is 5.32 Å². The highest BCUT2D eigenvalue weighted by atomic mass is 35.5. The third-order valence-electron chi connectivity index (χ3n) is 3.87. The number of nitrogens with zero attached hydrogens (tertiary/aromatic N) is 1. The van der Waals surface area contributed by atoms with Crippen LogP contribution in [0.5, 0.6) is 0 Å². The maximum absolute atomic E-state index is 6.29. The maximum Gasteiger partial charge on any atom is 0.0502 e. The number of hydrogen-bond acceptors (Lipinski definition) is 2. The van der Waals surface area contributed by atoms with Crippen LogP contribution in [0.2, 0.25) is 5.02 Å². The molecule has 2 N–H and O–H groups in total. The highest BCUT2D eigenvalue weighted by Gasteiger charge is 2.10. The number of H-pyrrole nitrogens is 1. The number of piperazine rings is 1. The molecule has 1 aliphatic heterocycles. The van der Waals surface area contributed by atoms with Crippen LogP contribution in [0.1, 0.15) is 12.0 Å². The Morgan fingerprint density at radius 2 is 2.05 bits per heavy atom. The number of aromatic nitrogens is 1. The minimum Gasteiger partial charge on any atom is -0.361 e. The summed E-state index contributed by atoms with van der Waals surface area (Å²) in [7, 11) is 0. The van der Waals surface area contributed by atoms with Crippen molar-refractivity contribution >= 4 is 22.5 Å². The van der Waals surface area contributed by atoms with E-state index in [0.29, 0.717) is 0 Å². The fourth-order valence-corrected chi connectivity index (χ4v) is 3.13. The van der Waals surface area contributed by atoms with Crippen LogP contribution in [0, 0.1) is 0 Å². The molecule has 1 fully saturated rings. The van der Waals surface area contributed by atoms with E-state index in [-0.39, 0.29) is 0 Å². The summed E-state index contributed by atoms with van der Waals surface area (Å²) in [5, 5.41) is 5.44. The fraction of sp³-hybridized carbons (Fsp3) is 0.467. The summed E-state index contributed by atoms with van der Waals surface area (Å²) in [4.78, 5) is 5.84. The first-order chi connectivity index (χ1) is 9.34. The molecule has 0 atom stereocenters. The van der Waals surface area contributed by atoms with E-state index in [4.69, 9.17) is 11.6 Å². The van der Waals surface area contributed by atoms with Crippen LogP contribution in [0.25, 0.3) is 10.9 Å². The molecule has 1 aromatic heterocycles. The quantitative estimate of drug-likeness (QED) is 0.900. The normalized spacial score (nSPS) is 17.1. The van der Waals surface area contributed by atoms with Gasteiger partial charge in [0.2, 0.25) is 0 Å². The number of hydrogen-bond donors (Lipinski definition) is 2. The van der Waals surface area contributed by atoms with Crippen LogP contribution in [0.15, 0.2) is 24.4 Å². The van der Waals surface area contributed by atoms with Crippen molar-refractivity contribution in [1.29, 1.82) is 0 Å². The van der Waals surface area contributed by atoms with Gasteiger partial charge in [-0.2, -0.15) is 0 Å². The Bertz CT molecular complexity index is 543. The van der Waals surface area contributed by atoms with Crippen LogP contribution in [-0.4, -0.2) is 42.6 Å². The summed E-state index contributed by atoms with van der Waals surface area (Å²) in [5.74, 6) is 0. The van der Waals surface area contributed by atoms with Crippen molar-refractivity contribution < 1.29 is 0 Å². The Kier molecular flexibility index (Phi) is 4.06. The molecule has 0 amide bonds. The lowest BCUT2D eigenvalue weighted by molar-refractivity contribution is 0.238. The zero-order valence-corrected chi connectivity index (χ0v) is 11.8.